The van der Waals surface area contributed by atoms with Crippen LogP contribution < -0.4 is 10.1 Å². The van der Waals surface area contributed by atoms with E-state index in [9.17, 15) is 14.4 Å². The molecule has 148 valence electrons. The number of esters is 2. The molecule has 0 aliphatic rings. The number of methoxy groups -OCH3 is 1. The Balaban J connectivity index is 1.76. The first kappa shape index (κ1) is 21.0. The van der Waals surface area contributed by atoms with Gasteiger partial charge in [0.05, 0.1) is 12.7 Å². The van der Waals surface area contributed by atoms with Gasteiger partial charge < -0.3 is 19.5 Å². The normalized spacial score (nSPS) is 11.2. The first-order chi connectivity index (χ1) is 13.5. The van der Waals surface area contributed by atoms with E-state index in [2.05, 4.69) is 10.1 Å². The number of amides is 1. The van der Waals surface area contributed by atoms with Crippen LogP contribution in [-0.4, -0.2) is 37.7 Å². The van der Waals surface area contributed by atoms with Crippen LogP contribution in [-0.2, 0) is 25.6 Å². The average molecular weight is 385 g/mol. The molecule has 0 heterocycles. The highest BCUT2D eigenvalue weighted by Gasteiger charge is 2.21. The number of carbonyl (C=O) groups excluding carboxylic acids is 3. The Hall–Kier alpha value is -3.35. The summed E-state index contributed by atoms with van der Waals surface area (Å²) < 4.78 is 15.3. The van der Waals surface area contributed by atoms with Crippen molar-refractivity contribution in [1.82, 2.24) is 5.32 Å². The van der Waals surface area contributed by atoms with Crippen molar-refractivity contribution >= 4 is 17.8 Å². The molecule has 0 fully saturated rings. The standard InChI is InChI=1S/C21H23NO6/c1-3-18(28-17-7-5-4-6-8-17)21(25)27-14-19(23)22-13-15-9-11-16(12-10-15)20(24)26-2/h4-12,18H,3,13-14H2,1-2H3,(H,22,23)/t18-/m1/s1. The molecule has 0 bridgehead atoms. The highest BCUT2D eigenvalue weighted by molar-refractivity contribution is 5.89. The van der Waals surface area contributed by atoms with E-state index in [-0.39, 0.29) is 6.54 Å². The Bertz CT molecular complexity index is 788. The van der Waals surface area contributed by atoms with Gasteiger partial charge in [0, 0.05) is 6.54 Å². The Morgan fingerprint density at radius 2 is 1.68 bits per heavy atom. The molecule has 28 heavy (non-hydrogen) atoms. The van der Waals surface area contributed by atoms with Gasteiger partial charge in [-0.05, 0) is 36.2 Å². The summed E-state index contributed by atoms with van der Waals surface area (Å²) in [5.74, 6) is -0.888. The predicted molar refractivity (Wildman–Crippen MR) is 102 cm³/mol. The van der Waals surface area contributed by atoms with E-state index >= 15 is 0 Å². The smallest absolute Gasteiger partial charge is 0.347 e. The lowest BCUT2D eigenvalue weighted by Gasteiger charge is -2.16. The number of ether oxygens (including phenoxy) is 3. The lowest BCUT2D eigenvalue weighted by molar-refractivity contribution is -0.155. The van der Waals surface area contributed by atoms with Gasteiger partial charge in [-0.1, -0.05) is 37.3 Å². The lowest BCUT2D eigenvalue weighted by atomic mass is 10.1. The van der Waals surface area contributed by atoms with Gasteiger partial charge in [-0.25, -0.2) is 9.59 Å². The fourth-order valence-electron chi connectivity index (χ4n) is 2.32. The second-order valence-corrected chi connectivity index (χ2v) is 5.90. The average Bonchev–Trinajstić information content (AvgIpc) is 2.74. The summed E-state index contributed by atoms with van der Waals surface area (Å²) in [6.07, 6.45) is -0.358. The van der Waals surface area contributed by atoms with Crippen LogP contribution in [0.2, 0.25) is 0 Å². The first-order valence-electron chi connectivity index (χ1n) is 8.85. The van der Waals surface area contributed by atoms with Gasteiger partial charge in [0.25, 0.3) is 5.91 Å². The molecule has 0 aromatic heterocycles. The lowest BCUT2D eigenvalue weighted by Crippen LogP contribution is -2.33. The van der Waals surface area contributed by atoms with Crippen molar-refractivity contribution in [1.29, 1.82) is 0 Å². The van der Waals surface area contributed by atoms with Crippen LogP contribution in [0.25, 0.3) is 0 Å². The Morgan fingerprint density at radius 1 is 1.00 bits per heavy atom. The molecule has 0 aliphatic carbocycles. The van der Waals surface area contributed by atoms with Crippen molar-refractivity contribution in [2.75, 3.05) is 13.7 Å². The van der Waals surface area contributed by atoms with Crippen molar-refractivity contribution in [3.05, 3.63) is 65.7 Å². The molecule has 0 saturated carbocycles. The molecule has 1 amide bonds. The second kappa shape index (κ2) is 10.7. The van der Waals surface area contributed by atoms with Gasteiger partial charge in [-0.2, -0.15) is 0 Å². The molecule has 1 N–H and O–H groups in total. The number of nitrogens with one attached hydrogen (secondary N) is 1. The van der Waals surface area contributed by atoms with Gasteiger partial charge in [0.1, 0.15) is 5.75 Å². The molecule has 7 heteroatoms. The molecule has 0 spiro atoms. The minimum atomic E-state index is -0.777. The summed E-state index contributed by atoms with van der Waals surface area (Å²) in [5, 5.41) is 2.65. The minimum Gasteiger partial charge on any atom is -0.479 e. The predicted octanol–water partition coefficient (Wildman–Crippen LogP) is 2.49. The SMILES string of the molecule is CC[C@@H](Oc1ccccc1)C(=O)OCC(=O)NCc1ccc(C(=O)OC)cc1. The number of carbonyl (C=O) groups is 3. The van der Waals surface area contributed by atoms with Gasteiger partial charge in [-0.15, -0.1) is 0 Å². The summed E-state index contributed by atoms with van der Waals surface area (Å²) in [6, 6.07) is 15.6. The number of para-hydroxylation sites is 1. The van der Waals surface area contributed by atoms with Crippen molar-refractivity contribution in [3.63, 3.8) is 0 Å². The summed E-state index contributed by atoms with van der Waals surface area (Å²) in [4.78, 5) is 35.4. The number of rotatable bonds is 9. The third-order valence-corrected chi connectivity index (χ3v) is 3.87. The van der Waals surface area contributed by atoms with E-state index in [0.717, 1.165) is 5.56 Å². The Kier molecular flexibility index (Phi) is 8.02. The fourth-order valence-corrected chi connectivity index (χ4v) is 2.32. The van der Waals surface area contributed by atoms with Crippen molar-refractivity contribution in [2.24, 2.45) is 0 Å². The van der Waals surface area contributed by atoms with Crippen LogP contribution in [0.4, 0.5) is 0 Å². The monoisotopic (exact) mass is 385 g/mol. The highest BCUT2D eigenvalue weighted by atomic mass is 16.6. The summed E-state index contributed by atoms with van der Waals surface area (Å²) >= 11 is 0. The van der Waals surface area contributed by atoms with Crippen molar-refractivity contribution in [2.45, 2.75) is 26.0 Å². The largest absolute Gasteiger partial charge is 0.479 e. The molecule has 1 atom stereocenters. The van der Waals surface area contributed by atoms with E-state index in [1.165, 1.54) is 7.11 Å². The molecule has 2 aromatic rings. The number of hydrogen-bond donors (Lipinski definition) is 1. The van der Waals surface area contributed by atoms with Crippen molar-refractivity contribution in [3.8, 4) is 5.75 Å². The van der Waals surface area contributed by atoms with Crippen molar-refractivity contribution < 1.29 is 28.6 Å². The summed E-state index contributed by atoms with van der Waals surface area (Å²) in [5.41, 5.74) is 1.22. The zero-order chi connectivity index (χ0) is 20.4. The number of benzene rings is 2. The molecule has 2 rings (SSSR count). The Morgan fingerprint density at radius 3 is 2.29 bits per heavy atom. The zero-order valence-electron chi connectivity index (χ0n) is 15.8. The van der Waals surface area contributed by atoms with E-state index in [1.807, 2.05) is 6.07 Å². The highest BCUT2D eigenvalue weighted by Crippen LogP contribution is 2.13. The maximum Gasteiger partial charge on any atom is 0.347 e. The van der Waals surface area contributed by atoms with E-state index in [4.69, 9.17) is 9.47 Å². The van der Waals surface area contributed by atoms with E-state index < -0.39 is 30.6 Å². The van der Waals surface area contributed by atoms with E-state index in [0.29, 0.717) is 17.7 Å². The molecule has 2 aromatic carbocycles. The molecule has 0 radical (unpaired) electrons. The van der Waals surface area contributed by atoms with Gasteiger partial charge >= 0.3 is 11.9 Å². The third kappa shape index (κ3) is 6.42. The van der Waals surface area contributed by atoms with Crippen LogP contribution in [0.15, 0.2) is 54.6 Å². The molecule has 0 unspecified atom stereocenters. The maximum atomic E-state index is 12.1. The zero-order valence-corrected chi connectivity index (χ0v) is 15.8. The molecule has 7 nitrogen and oxygen atoms in total. The second-order valence-electron chi connectivity index (χ2n) is 5.90. The fraction of sp³-hybridized carbons (Fsp3) is 0.286. The Labute approximate surface area is 163 Å². The molecule has 0 aliphatic heterocycles. The molecular formula is C21H23NO6. The van der Waals surface area contributed by atoms with Crippen LogP contribution in [0.3, 0.4) is 0 Å². The molecule has 0 saturated heterocycles. The van der Waals surface area contributed by atoms with Crippen LogP contribution in [0, 0.1) is 0 Å². The van der Waals surface area contributed by atoms with Crippen LogP contribution >= 0.6 is 0 Å². The van der Waals surface area contributed by atoms with Crippen LogP contribution in [0.5, 0.6) is 5.75 Å². The summed E-state index contributed by atoms with van der Waals surface area (Å²) in [6.45, 7) is 1.65. The van der Waals surface area contributed by atoms with Gasteiger partial charge in [0.15, 0.2) is 12.7 Å². The van der Waals surface area contributed by atoms with E-state index in [1.54, 1.807) is 55.5 Å². The van der Waals surface area contributed by atoms with Crippen LogP contribution in [0.1, 0.15) is 29.3 Å². The van der Waals surface area contributed by atoms with Gasteiger partial charge in [-0.3, -0.25) is 4.79 Å². The quantitative estimate of drug-likeness (QED) is 0.667. The third-order valence-electron chi connectivity index (χ3n) is 3.87. The first-order valence-corrected chi connectivity index (χ1v) is 8.85. The molecular weight excluding hydrogens is 362 g/mol. The topological polar surface area (TPSA) is 90.9 Å². The minimum absolute atomic E-state index is 0.246. The maximum absolute atomic E-state index is 12.1. The van der Waals surface area contributed by atoms with Gasteiger partial charge in [0.2, 0.25) is 0 Å². The summed E-state index contributed by atoms with van der Waals surface area (Å²) in [7, 11) is 1.31. The number of hydrogen-bond acceptors (Lipinski definition) is 6.